The first-order chi connectivity index (χ1) is 13.2. The summed E-state index contributed by atoms with van der Waals surface area (Å²) in [7, 11) is 0. The van der Waals surface area contributed by atoms with Crippen LogP contribution in [0, 0.1) is 0 Å². The van der Waals surface area contributed by atoms with Crippen molar-refractivity contribution >= 4 is 34.5 Å². The Kier molecular flexibility index (Phi) is 4.77. The summed E-state index contributed by atoms with van der Waals surface area (Å²) in [6.07, 6.45) is 1.72. The molecular weight excluding hydrogens is 356 g/mol. The van der Waals surface area contributed by atoms with Crippen LogP contribution in [0.15, 0.2) is 60.0 Å². The van der Waals surface area contributed by atoms with Gasteiger partial charge in [-0.15, -0.1) is 11.3 Å². The van der Waals surface area contributed by atoms with Crippen LogP contribution in [0.3, 0.4) is 0 Å². The van der Waals surface area contributed by atoms with Gasteiger partial charge in [-0.2, -0.15) is 0 Å². The molecule has 0 saturated carbocycles. The van der Waals surface area contributed by atoms with Gasteiger partial charge in [0.15, 0.2) is 0 Å². The van der Waals surface area contributed by atoms with E-state index in [0.29, 0.717) is 17.8 Å². The average molecular weight is 376 g/mol. The van der Waals surface area contributed by atoms with E-state index in [1.165, 1.54) is 16.9 Å². The summed E-state index contributed by atoms with van der Waals surface area (Å²) >= 11 is 1.45. The number of fused-ring (bicyclic) bond motifs is 1. The molecule has 1 N–H and O–H groups in total. The highest BCUT2D eigenvalue weighted by Crippen LogP contribution is 2.29. The Morgan fingerprint density at radius 1 is 1.07 bits per heavy atom. The molecule has 0 radical (unpaired) electrons. The van der Waals surface area contributed by atoms with E-state index in [4.69, 9.17) is 0 Å². The standard InChI is InChI=1S/C22H20N2O2S/c1-2-15-12-14-27-20(15)21(25)23-18-9-7-17(8-10-18)22(26)24-13-11-16-5-3-4-6-19(16)24/h3-10,12,14H,2,11,13H2,1H3,(H,23,25). The molecule has 3 aromatic rings. The van der Waals surface area contributed by atoms with E-state index < -0.39 is 0 Å². The maximum absolute atomic E-state index is 12.9. The molecule has 27 heavy (non-hydrogen) atoms. The molecule has 0 unspecified atom stereocenters. The summed E-state index contributed by atoms with van der Waals surface area (Å²) in [5.74, 6) is -0.112. The predicted molar refractivity (Wildman–Crippen MR) is 110 cm³/mol. The number of anilines is 2. The molecule has 4 nitrogen and oxygen atoms in total. The van der Waals surface area contributed by atoms with Crippen LogP contribution in [0.5, 0.6) is 0 Å². The number of carbonyl (C=O) groups is 2. The maximum Gasteiger partial charge on any atom is 0.266 e. The van der Waals surface area contributed by atoms with Crippen LogP contribution in [0.1, 0.15) is 38.1 Å². The molecule has 1 aliphatic heterocycles. The second-order valence-electron chi connectivity index (χ2n) is 6.50. The van der Waals surface area contributed by atoms with E-state index in [0.717, 1.165) is 29.0 Å². The molecular formula is C22H20N2O2S. The minimum Gasteiger partial charge on any atom is -0.321 e. The van der Waals surface area contributed by atoms with Crippen molar-refractivity contribution in [2.45, 2.75) is 19.8 Å². The van der Waals surface area contributed by atoms with E-state index >= 15 is 0 Å². The van der Waals surface area contributed by atoms with Gasteiger partial charge in [0, 0.05) is 23.5 Å². The molecule has 0 aliphatic carbocycles. The number of rotatable bonds is 4. The Balaban J connectivity index is 1.48. The summed E-state index contributed by atoms with van der Waals surface area (Å²) in [5, 5.41) is 4.85. The first-order valence-corrected chi connectivity index (χ1v) is 9.93. The molecule has 0 saturated heterocycles. The van der Waals surface area contributed by atoms with Crippen molar-refractivity contribution in [2.75, 3.05) is 16.8 Å². The normalized spacial score (nSPS) is 12.7. The van der Waals surface area contributed by atoms with Gasteiger partial charge in [-0.1, -0.05) is 25.1 Å². The van der Waals surface area contributed by atoms with Crippen LogP contribution in [-0.2, 0) is 12.8 Å². The van der Waals surface area contributed by atoms with Gasteiger partial charge in [-0.3, -0.25) is 9.59 Å². The monoisotopic (exact) mass is 376 g/mol. The summed E-state index contributed by atoms with van der Waals surface area (Å²) in [6.45, 7) is 2.74. The lowest BCUT2D eigenvalue weighted by atomic mass is 10.1. The second-order valence-corrected chi connectivity index (χ2v) is 7.41. The minimum atomic E-state index is -0.102. The number of aryl methyl sites for hydroxylation is 1. The second kappa shape index (κ2) is 7.37. The van der Waals surface area contributed by atoms with E-state index in [1.54, 1.807) is 24.3 Å². The van der Waals surface area contributed by atoms with Gasteiger partial charge in [-0.05, 0) is 65.7 Å². The summed E-state index contributed by atoms with van der Waals surface area (Å²) < 4.78 is 0. The lowest BCUT2D eigenvalue weighted by Gasteiger charge is -2.17. The Labute approximate surface area is 162 Å². The minimum absolute atomic E-state index is 0.00986. The van der Waals surface area contributed by atoms with Crippen LogP contribution in [0.2, 0.25) is 0 Å². The van der Waals surface area contributed by atoms with Crippen molar-refractivity contribution in [3.63, 3.8) is 0 Å². The third-order valence-corrected chi connectivity index (χ3v) is 5.81. The van der Waals surface area contributed by atoms with Crippen molar-refractivity contribution in [3.05, 3.63) is 81.5 Å². The van der Waals surface area contributed by atoms with Crippen molar-refractivity contribution in [2.24, 2.45) is 0 Å². The molecule has 0 bridgehead atoms. The van der Waals surface area contributed by atoms with Gasteiger partial charge < -0.3 is 10.2 Å². The smallest absolute Gasteiger partial charge is 0.266 e. The molecule has 1 aliphatic rings. The average Bonchev–Trinajstić information content (AvgIpc) is 3.35. The number of carbonyl (C=O) groups excluding carboxylic acids is 2. The van der Waals surface area contributed by atoms with Crippen molar-refractivity contribution < 1.29 is 9.59 Å². The molecule has 0 spiro atoms. The zero-order chi connectivity index (χ0) is 18.8. The SMILES string of the molecule is CCc1ccsc1C(=O)Nc1ccc(C(=O)N2CCc3ccccc32)cc1. The first kappa shape index (κ1) is 17.5. The molecule has 2 aromatic carbocycles. The topological polar surface area (TPSA) is 49.4 Å². The third kappa shape index (κ3) is 3.38. The zero-order valence-electron chi connectivity index (χ0n) is 15.1. The fourth-order valence-corrected chi connectivity index (χ4v) is 4.29. The summed E-state index contributed by atoms with van der Waals surface area (Å²) in [6, 6.07) is 17.1. The number of thiophene rings is 1. The van der Waals surface area contributed by atoms with E-state index in [2.05, 4.69) is 11.4 Å². The molecule has 4 rings (SSSR count). The highest BCUT2D eigenvalue weighted by molar-refractivity contribution is 7.12. The third-order valence-electron chi connectivity index (χ3n) is 4.86. The van der Waals surface area contributed by atoms with Crippen LogP contribution in [0.4, 0.5) is 11.4 Å². The quantitative estimate of drug-likeness (QED) is 0.713. The zero-order valence-corrected chi connectivity index (χ0v) is 15.9. The Morgan fingerprint density at radius 3 is 2.63 bits per heavy atom. The number of benzene rings is 2. The van der Waals surface area contributed by atoms with E-state index in [1.807, 2.05) is 41.5 Å². The van der Waals surface area contributed by atoms with Crippen LogP contribution < -0.4 is 10.2 Å². The van der Waals surface area contributed by atoms with Crippen molar-refractivity contribution in [3.8, 4) is 0 Å². The fourth-order valence-electron chi connectivity index (χ4n) is 3.40. The Morgan fingerprint density at radius 2 is 1.85 bits per heavy atom. The number of hydrogen-bond acceptors (Lipinski definition) is 3. The molecule has 2 heterocycles. The number of nitrogens with zero attached hydrogens (tertiary/aromatic N) is 1. The largest absolute Gasteiger partial charge is 0.321 e. The summed E-state index contributed by atoms with van der Waals surface area (Å²) in [5.41, 5.74) is 4.56. The van der Waals surface area contributed by atoms with Gasteiger partial charge in [0.2, 0.25) is 0 Å². The lowest BCUT2D eigenvalue weighted by Crippen LogP contribution is -2.28. The highest BCUT2D eigenvalue weighted by atomic mass is 32.1. The predicted octanol–water partition coefficient (Wildman–Crippen LogP) is 4.77. The molecule has 0 fully saturated rings. The fraction of sp³-hybridized carbons (Fsp3) is 0.182. The first-order valence-electron chi connectivity index (χ1n) is 9.05. The number of amides is 2. The van der Waals surface area contributed by atoms with Gasteiger partial charge in [0.25, 0.3) is 11.8 Å². The highest BCUT2D eigenvalue weighted by Gasteiger charge is 2.25. The summed E-state index contributed by atoms with van der Waals surface area (Å²) in [4.78, 5) is 27.9. The molecule has 1 aromatic heterocycles. The van der Waals surface area contributed by atoms with Gasteiger partial charge in [0.05, 0.1) is 4.88 Å². The Bertz CT molecular complexity index is 992. The van der Waals surface area contributed by atoms with Crippen LogP contribution in [0.25, 0.3) is 0 Å². The van der Waals surface area contributed by atoms with Gasteiger partial charge >= 0.3 is 0 Å². The molecule has 136 valence electrons. The van der Waals surface area contributed by atoms with E-state index in [9.17, 15) is 9.59 Å². The van der Waals surface area contributed by atoms with Crippen LogP contribution >= 0.6 is 11.3 Å². The lowest BCUT2D eigenvalue weighted by molar-refractivity contribution is 0.0988. The van der Waals surface area contributed by atoms with Crippen LogP contribution in [-0.4, -0.2) is 18.4 Å². The maximum atomic E-state index is 12.9. The van der Waals surface area contributed by atoms with Gasteiger partial charge in [0.1, 0.15) is 0 Å². The van der Waals surface area contributed by atoms with Crippen molar-refractivity contribution in [1.29, 1.82) is 0 Å². The number of nitrogens with one attached hydrogen (secondary N) is 1. The molecule has 5 heteroatoms. The number of hydrogen-bond donors (Lipinski definition) is 1. The Hall–Kier alpha value is -2.92. The van der Waals surface area contributed by atoms with E-state index in [-0.39, 0.29) is 11.8 Å². The van der Waals surface area contributed by atoms with Gasteiger partial charge in [-0.25, -0.2) is 0 Å². The molecule has 0 atom stereocenters. The number of para-hydroxylation sites is 1. The molecule has 2 amide bonds. The van der Waals surface area contributed by atoms with Crippen molar-refractivity contribution in [1.82, 2.24) is 0 Å².